The highest BCUT2D eigenvalue weighted by atomic mass is 32.2. The van der Waals surface area contributed by atoms with Crippen LogP contribution >= 0.6 is 11.3 Å². The maximum atomic E-state index is 11.4. The molecule has 0 atom stereocenters. The SMILES string of the molecule is Cc1csc(NCC(C)(C)S(C)(=O)=O)n1. The van der Waals surface area contributed by atoms with Crippen molar-refractivity contribution in [3.8, 4) is 0 Å². The van der Waals surface area contributed by atoms with Gasteiger partial charge in [0.2, 0.25) is 0 Å². The zero-order valence-corrected chi connectivity index (χ0v) is 11.0. The third-order valence-electron chi connectivity index (χ3n) is 2.29. The van der Waals surface area contributed by atoms with E-state index in [1.54, 1.807) is 13.8 Å². The van der Waals surface area contributed by atoms with Crippen molar-refractivity contribution in [3.05, 3.63) is 11.1 Å². The van der Waals surface area contributed by atoms with Gasteiger partial charge in [-0.2, -0.15) is 0 Å². The van der Waals surface area contributed by atoms with E-state index in [2.05, 4.69) is 10.3 Å². The fourth-order valence-corrected chi connectivity index (χ4v) is 1.88. The maximum Gasteiger partial charge on any atom is 0.182 e. The molecular weight excluding hydrogens is 232 g/mol. The Morgan fingerprint density at radius 2 is 2.13 bits per heavy atom. The average molecular weight is 248 g/mol. The van der Waals surface area contributed by atoms with Gasteiger partial charge in [0.05, 0.1) is 10.4 Å². The van der Waals surface area contributed by atoms with E-state index in [0.29, 0.717) is 6.54 Å². The zero-order chi connectivity index (χ0) is 11.7. The molecule has 1 heterocycles. The molecule has 0 fully saturated rings. The summed E-state index contributed by atoms with van der Waals surface area (Å²) in [5.74, 6) is 0. The Labute approximate surface area is 94.7 Å². The lowest BCUT2D eigenvalue weighted by Crippen LogP contribution is -2.38. The first-order valence-electron chi connectivity index (χ1n) is 4.58. The van der Waals surface area contributed by atoms with Crippen LogP contribution in [-0.4, -0.2) is 30.9 Å². The van der Waals surface area contributed by atoms with Gasteiger partial charge >= 0.3 is 0 Å². The summed E-state index contributed by atoms with van der Waals surface area (Å²) in [5, 5.41) is 5.73. The van der Waals surface area contributed by atoms with E-state index in [-0.39, 0.29) is 0 Å². The van der Waals surface area contributed by atoms with Crippen molar-refractivity contribution in [3.63, 3.8) is 0 Å². The van der Waals surface area contributed by atoms with Gasteiger partial charge in [-0.25, -0.2) is 13.4 Å². The Kier molecular flexibility index (Phi) is 3.40. The monoisotopic (exact) mass is 248 g/mol. The zero-order valence-electron chi connectivity index (χ0n) is 9.36. The molecule has 0 aliphatic rings. The lowest BCUT2D eigenvalue weighted by molar-refractivity contribution is 0.560. The Bertz CT molecular complexity index is 435. The first-order chi connectivity index (χ1) is 6.72. The fourth-order valence-electron chi connectivity index (χ4n) is 0.855. The molecule has 0 spiro atoms. The van der Waals surface area contributed by atoms with Crippen LogP contribution in [0.25, 0.3) is 0 Å². The summed E-state index contributed by atoms with van der Waals surface area (Å²) in [6.07, 6.45) is 1.25. The summed E-state index contributed by atoms with van der Waals surface area (Å²) >= 11 is 1.48. The first-order valence-corrected chi connectivity index (χ1v) is 7.35. The van der Waals surface area contributed by atoms with Crippen LogP contribution in [0.3, 0.4) is 0 Å². The van der Waals surface area contributed by atoms with E-state index >= 15 is 0 Å². The summed E-state index contributed by atoms with van der Waals surface area (Å²) in [5.41, 5.74) is 0.944. The van der Waals surface area contributed by atoms with Gasteiger partial charge in [0.1, 0.15) is 0 Å². The van der Waals surface area contributed by atoms with Crippen LogP contribution in [0.4, 0.5) is 5.13 Å². The van der Waals surface area contributed by atoms with Gasteiger partial charge in [-0.05, 0) is 20.8 Å². The molecular formula is C9H16N2O2S2. The molecule has 4 nitrogen and oxygen atoms in total. The number of rotatable bonds is 4. The summed E-state index contributed by atoms with van der Waals surface area (Å²) in [6, 6.07) is 0. The summed E-state index contributed by atoms with van der Waals surface area (Å²) in [4.78, 5) is 4.21. The molecule has 0 saturated heterocycles. The van der Waals surface area contributed by atoms with E-state index in [1.165, 1.54) is 17.6 Å². The number of aryl methyl sites for hydroxylation is 1. The second-order valence-electron chi connectivity index (χ2n) is 4.18. The van der Waals surface area contributed by atoms with Crippen molar-refractivity contribution < 1.29 is 8.42 Å². The van der Waals surface area contributed by atoms with Crippen molar-refractivity contribution in [1.82, 2.24) is 4.98 Å². The fraction of sp³-hybridized carbons (Fsp3) is 0.667. The summed E-state index contributed by atoms with van der Waals surface area (Å²) < 4.78 is 22.1. The topological polar surface area (TPSA) is 59.1 Å². The molecule has 1 aromatic rings. The number of hydrogen-bond donors (Lipinski definition) is 1. The van der Waals surface area contributed by atoms with Crippen LogP contribution in [0.1, 0.15) is 19.5 Å². The molecule has 1 N–H and O–H groups in total. The van der Waals surface area contributed by atoms with Crippen LogP contribution in [-0.2, 0) is 9.84 Å². The lowest BCUT2D eigenvalue weighted by Gasteiger charge is -2.22. The highest BCUT2D eigenvalue weighted by Gasteiger charge is 2.29. The normalized spacial score (nSPS) is 12.8. The van der Waals surface area contributed by atoms with E-state index in [9.17, 15) is 8.42 Å². The van der Waals surface area contributed by atoms with Crippen LogP contribution in [0, 0.1) is 6.92 Å². The van der Waals surface area contributed by atoms with Crippen LogP contribution in [0.2, 0.25) is 0 Å². The number of anilines is 1. The highest BCUT2D eigenvalue weighted by Crippen LogP contribution is 2.19. The van der Waals surface area contributed by atoms with Crippen molar-refractivity contribution in [2.45, 2.75) is 25.5 Å². The molecule has 0 aromatic carbocycles. The molecule has 0 radical (unpaired) electrons. The minimum Gasteiger partial charge on any atom is -0.360 e. The number of nitrogens with zero attached hydrogens (tertiary/aromatic N) is 1. The Balaban J connectivity index is 2.65. The first kappa shape index (κ1) is 12.4. The van der Waals surface area contributed by atoms with Gasteiger partial charge in [0.15, 0.2) is 15.0 Å². The quantitative estimate of drug-likeness (QED) is 0.881. The van der Waals surface area contributed by atoms with Crippen molar-refractivity contribution in [2.75, 3.05) is 18.1 Å². The molecule has 0 amide bonds. The van der Waals surface area contributed by atoms with Crippen molar-refractivity contribution in [1.29, 1.82) is 0 Å². The Morgan fingerprint density at radius 1 is 1.53 bits per heavy atom. The number of thiazole rings is 1. The largest absolute Gasteiger partial charge is 0.360 e. The van der Waals surface area contributed by atoms with Crippen molar-refractivity contribution >= 4 is 26.3 Å². The lowest BCUT2D eigenvalue weighted by atomic mass is 10.2. The van der Waals surface area contributed by atoms with Crippen molar-refractivity contribution in [2.24, 2.45) is 0 Å². The smallest absolute Gasteiger partial charge is 0.182 e. The number of nitrogens with one attached hydrogen (secondary N) is 1. The second-order valence-corrected chi connectivity index (χ2v) is 7.69. The molecule has 0 aliphatic heterocycles. The summed E-state index contributed by atoms with van der Waals surface area (Å²) in [6.45, 7) is 5.69. The molecule has 0 unspecified atom stereocenters. The average Bonchev–Trinajstić information content (AvgIpc) is 2.46. The second kappa shape index (κ2) is 4.09. The summed E-state index contributed by atoms with van der Waals surface area (Å²) in [7, 11) is -3.05. The Hall–Kier alpha value is -0.620. The van der Waals surface area contributed by atoms with E-state index in [4.69, 9.17) is 0 Å². The van der Waals surface area contributed by atoms with Gasteiger partial charge in [-0.1, -0.05) is 0 Å². The van der Waals surface area contributed by atoms with Gasteiger partial charge in [0.25, 0.3) is 0 Å². The van der Waals surface area contributed by atoms with Crippen LogP contribution in [0.15, 0.2) is 5.38 Å². The molecule has 1 rings (SSSR count). The predicted molar refractivity (Wildman–Crippen MR) is 64.3 cm³/mol. The molecule has 0 bridgehead atoms. The number of aromatic nitrogens is 1. The molecule has 0 aliphatic carbocycles. The molecule has 15 heavy (non-hydrogen) atoms. The number of sulfone groups is 1. The maximum absolute atomic E-state index is 11.4. The number of hydrogen-bond acceptors (Lipinski definition) is 5. The van der Waals surface area contributed by atoms with E-state index < -0.39 is 14.6 Å². The third kappa shape index (κ3) is 3.17. The van der Waals surface area contributed by atoms with E-state index in [1.807, 2.05) is 12.3 Å². The van der Waals surface area contributed by atoms with Crippen LogP contribution < -0.4 is 5.32 Å². The minimum absolute atomic E-state index is 0.374. The predicted octanol–water partition coefficient (Wildman–Crippen LogP) is 1.69. The van der Waals surface area contributed by atoms with Gasteiger partial charge < -0.3 is 5.32 Å². The Morgan fingerprint density at radius 3 is 2.53 bits per heavy atom. The minimum atomic E-state index is -3.05. The molecule has 1 aromatic heterocycles. The molecule has 6 heteroatoms. The highest BCUT2D eigenvalue weighted by molar-refractivity contribution is 7.92. The third-order valence-corrected chi connectivity index (χ3v) is 5.36. The van der Waals surface area contributed by atoms with Gasteiger partial charge in [-0.3, -0.25) is 0 Å². The molecule has 0 saturated carbocycles. The molecule has 86 valence electrons. The van der Waals surface area contributed by atoms with E-state index in [0.717, 1.165) is 10.8 Å². The van der Waals surface area contributed by atoms with Gasteiger partial charge in [0, 0.05) is 18.2 Å². The standard InChI is InChI=1S/C9H16N2O2S2/c1-7-5-14-8(11-7)10-6-9(2,3)15(4,12)13/h5H,6H2,1-4H3,(H,10,11). The van der Waals surface area contributed by atoms with Gasteiger partial charge in [-0.15, -0.1) is 11.3 Å². The van der Waals surface area contributed by atoms with Crippen LogP contribution in [0.5, 0.6) is 0 Å².